The summed E-state index contributed by atoms with van der Waals surface area (Å²) in [5, 5.41) is 12.6. The second-order valence-electron chi connectivity index (χ2n) is 4.29. The highest BCUT2D eigenvalue weighted by atomic mass is 32.1. The van der Waals surface area contributed by atoms with Crippen LogP contribution in [0.5, 0.6) is 0 Å². The Hall–Kier alpha value is -2.67. The van der Waals surface area contributed by atoms with E-state index in [1.54, 1.807) is 23.5 Å². The predicted molar refractivity (Wildman–Crippen MR) is 80.4 cm³/mol. The maximum absolute atomic E-state index is 11.9. The summed E-state index contributed by atoms with van der Waals surface area (Å²) in [4.78, 5) is 12.9. The first kappa shape index (κ1) is 13.3. The minimum absolute atomic E-state index is 0.283. The van der Waals surface area contributed by atoms with Gasteiger partial charge in [0.2, 0.25) is 0 Å². The standard InChI is InChI=1S/C14H12N4O2S/c1-9-4-5-10(20-9)8-15-18-14(19)12-7-11(16-17-12)13-3-2-6-21-13/h2-8H,1H3,(H,16,17)(H,18,19). The Morgan fingerprint density at radius 1 is 1.48 bits per heavy atom. The molecule has 0 bridgehead atoms. The number of hydrogen-bond donors (Lipinski definition) is 2. The molecule has 0 unspecified atom stereocenters. The normalized spacial score (nSPS) is 11.1. The summed E-state index contributed by atoms with van der Waals surface area (Å²) < 4.78 is 5.30. The van der Waals surface area contributed by atoms with Crippen LogP contribution in [0.2, 0.25) is 0 Å². The van der Waals surface area contributed by atoms with Gasteiger partial charge in [-0.15, -0.1) is 11.3 Å². The smallest absolute Gasteiger partial charge is 0.291 e. The summed E-state index contributed by atoms with van der Waals surface area (Å²) in [6.45, 7) is 1.84. The molecule has 0 aromatic carbocycles. The zero-order valence-corrected chi connectivity index (χ0v) is 12.0. The Kier molecular flexibility index (Phi) is 3.65. The number of nitrogens with zero attached hydrogens (tertiary/aromatic N) is 2. The van der Waals surface area contributed by atoms with E-state index in [-0.39, 0.29) is 11.6 Å². The van der Waals surface area contributed by atoms with Crippen LogP contribution in [0.25, 0.3) is 10.6 Å². The third-order valence-corrected chi connectivity index (χ3v) is 3.62. The van der Waals surface area contributed by atoms with E-state index in [4.69, 9.17) is 4.42 Å². The summed E-state index contributed by atoms with van der Waals surface area (Å²) in [7, 11) is 0. The van der Waals surface area contributed by atoms with E-state index in [2.05, 4.69) is 20.7 Å². The minimum Gasteiger partial charge on any atom is -0.460 e. The topological polar surface area (TPSA) is 83.3 Å². The van der Waals surface area contributed by atoms with Crippen LogP contribution in [-0.4, -0.2) is 22.3 Å². The lowest BCUT2D eigenvalue weighted by Gasteiger charge is -1.93. The van der Waals surface area contributed by atoms with Gasteiger partial charge >= 0.3 is 0 Å². The van der Waals surface area contributed by atoms with E-state index in [1.165, 1.54) is 6.21 Å². The first-order valence-electron chi connectivity index (χ1n) is 6.21. The Morgan fingerprint density at radius 3 is 3.10 bits per heavy atom. The van der Waals surface area contributed by atoms with Crippen LogP contribution in [0.3, 0.4) is 0 Å². The van der Waals surface area contributed by atoms with E-state index in [9.17, 15) is 4.79 Å². The molecule has 0 spiro atoms. The third kappa shape index (κ3) is 3.09. The molecule has 0 saturated heterocycles. The van der Waals surface area contributed by atoms with Gasteiger partial charge in [-0.05, 0) is 36.6 Å². The molecular formula is C14H12N4O2S. The van der Waals surface area contributed by atoms with Gasteiger partial charge < -0.3 is 4.42 Å². The van der Waals surface area contributed by atoms with Crippen molar-refractivity contribution < 1.29 is 9.21 Å². The van der Waals surface area contributed by atoms with Crippen molar-refractivity contribution in [3.63, 3.8) is 0 Å². The number of hydrogen-bond acceptors (Lipinski definition) is 5. The average Bonchev–Trinajstić information content (AvgIpc) is 3.19. The molecule has 0 saturated carbocycles. The molecule has 106 valence electrons. The number of H-pyrrole nitrogens is 1. The van der Waals surface area contributed by atoms with Gasteiger partial charge in [-0.2, -0.15) is 10.2 Å². The number of aryl methyl sites for hydroxylation is 1. The Balaban J connectivity index is 1.64. The third-order valence-electron chi connectivity index (χ3n) is 2.72. The molecule has 3 rings (SSSR count). The molecular weight excluding hydrogens is 288 g/mol. The van der Waals surface area contributed by atoms with Crippen molar-refractivity contribution in [3.8, 4) is 10.6 Å². The van der Waals surface area contributed by atoms with Crippen molar-refractivity contribution in [2.45, 2.75) is 6.92 Å². The number of amides is 1. The van der Waals surface area contributed by atoms with Crippen molar-refractivity contribution in [2.24, 2.45) is 5.10 Å². The maximum atomic E-state index is 11.9. The van der Waals surface area contributed by atoms with E-state index in [1.807, 2.05) is 30.5 Å². The Bertz CT molecular complexity index is 771. The highest BCUT2D eigenvalue weighted by molar-refractivity contribution is 7.13. The summed E-state index contributed by atoms with van der Waals surface area (Å²) in [5.74, 6) is 0.985. The fourth-order valence-electron chi connectivity index (χ4n) is 1.73. The van der Waals surface area contributed by atoms with Gasteiger partial charge in [0.1, 0.15) is 11.5 Å². The molecule has 0 fully saturated rings. The largest absolute Gasteiger partial charge is 0.460 e. The molecule has 3 heterocycles. The van der Waals surface area contributed by atoms with E-state index >= 15 is 0 Å². The number of aromatic amines is 1. The maximum Gasteiger partial charge on any atom is 0.291 e. The van der Waals surface area contributed by atoms with Crippen molar-refractivity contribution >= 4 is 23.5 Å². The average molecular weight is 300 g/mol. The molecule has 2 N–H and O–H groups in total. The minimum atomic E-state index is -0.381. The van der Waals surface area contributed by atoms with Gasteiger partial charge in [-0.1, -0.05) is 6.07 Å². The van der Waals surface area contributed by atoms with Crippen molar-refractivity contribution in [3.05, 3.63) is 52.9 Å². The number of carbonyl (C=O) groups excluding carboxylic acids is 1. The predicted octanol–water partition coefficient (Wildman–Crippen LogP) is 2.80. The first-order valence-corrected chi connectivity index (χ1v) is 7.09. The number of carbonyl (C=O) groups is 1. The molecule has 0 aliphatic heterocycles. The van der Waals surface area contributed by atoms with E-state index in [0.29, 0.717) is 5.76 Å². The molecule has 1 amide bonds. The summed E-state index contributed by atoms with van der Waals surface area (Å²) >= 11 is 1.57. The molecule has 21 heavy (non-hydrogen) atoms. The molecule has 3 aromatic heterocycles. The molecule has 7 heteroatoms. The second-order valence-corrected chi connectivity index (χ2v) is 5.24. The second kappa shape index (κ2) is 5.76. The van der Waals surface area contributed by atoms with Crippen LogP contribution in [0, 0.1) is 6.92 Å². The van der Waals surface area contributed by atoms with Crippen molar-refractivity contribution in [1.82, 2.24) is 15.6 Å². The molecule has 0 aliphatic carbocycles. The number of rotatable bonds is 4. The van der Waals surface area contributed by atoms with Crippen LogP contribution >= 0.6 is 11.3 Å². The van der Waals surface area contributed by atoms with Crippen LogP contribution in [0.15, 0.2) is 45.2 Å². The Morgan fingerprint density at radius 2 is 2.38 bits per heavy atom. The summed E-state index contributed by atoms with van der Waals surface area (Å²) in [6, 6.07) is 9.18. The summed E-state index contributed by atoms with van der Waals surface area (Å²) in [6.07, 6.45) is 1.44. The van der Waals surface area contributed by atoms with Gasteiger partial charge in [-0.25, -0.2) is 5.43 Å². The van der Waals surface area contributed by atoms with Crippen LogP contribution in [-0.2, 0) is 0 Å². The fourth-order valence-corrected chi connectivity index (χ4v) is 2.42. The van der Waals surface area contributed by atoms with E-state index in [0.717, 1.165) is 16.3 Å². The highest BCUT2D eigenvalue weighted by Gasteiger charge is 2.11. The fraction of sp³-hybridized carbons (Fsp3) is 0.0714. The number of nitrogens with one attached hydrogen (secondary N) is 2. The SMILES string of the molecule is Cc1ccc(C=NNC(=O)c2cc(-c3cccs3)[nH]n2)o1. The van der Waals surface area contributed by atoms with Gasteiger partial charge in [-0.3, -0.25) is 9.89 Å². The van der Waals surface area contributed by atoms with Crippen LogP contribution < -0.4 is 5.43 Å². The zero-order valence-electron chi connectivity index (χ0n) is 11.2. The molecule has 6 nitrogen and oxygen atoms in total. The molecule has 0 radical (unpaired) electrons. The van der Waals surface area contributed by atoms with Crippen LogP contribution in [0.1, 0.15) is 22.0 Å². The zero-order chi connectivity index (χ0) is 14.7. The molecule has 3 aromatic rings. The Labute approximate surface area is 124 Å². The molecule has 0 atom stereocenters. The lowest BCUT2D eigenvalue weighted by molar-refractivity contribution is 0.0950. The first-order chi connectivity index (χ1) is 10.2. The quantitative estimate of drug-likeness (QED) is 0.574. The highest BCUT2D eigenvalue weighted by Crippen LogP contribution is 2.22. The lowest BCUT2D eigenvalue weighted by atomic mass is 10.3. The van der Waals surface area contributed by atoms with Crippen molar-refractivity contribution in [1.29, 1.82) is 0 Å². The monoisotopic (exact) mass is 300 g/mol. The molecule has 0 aliphatic rings. The van der Waals surface area contributed by atoms with Crippen LogP contribution in [0.4, 0.5) is 0 Å². The number of thiophene rings is 1. The van der Waals surface area contributed by atoms with Gasteiger partial charge in [0, 0.05) is 0 Å². The number of furan rings is 1. The number of hydrazone groups is 1. The van der Waals surface area contributed by atoms with Gasteiger partial charge in [0.15, 0.2) is 5.69 Å². The van der Waals surface area contributed by atoms with Crippen molar-refractivity contribution in [2.75, 3.05) is 0 Å². The van der Waals surface area contributed by atoms with Gasteiger partial charge in [0.25, 0.3) is 5.91 Å². The summed E-state index contributed by atoms with van der Waals surface area (Å²) in [5.41, 5.74) is 3.50. The van der Waals surface area contributed by atoms with E-state index < -0.39 is 0 Å². The van der Waals surface area contributed by atoms with Gasteiger partial charge in [0.05, 0.1) is 16.8 Å². The number of aromatic nitrogens is 2. The lowest BCUT2D eigenvalue weighted by Crippen LogP contribution is -2.17.